The van der Waals surface area contributed by atoms with E-state index in [1.165, 1.54) is 18.4 Å². The topological polar surface area (TPSA) is 62.4 Å². The molecule has 2 unspecified atom stereocenters. The average Bonchev–Trinajstić information content (AvgIpc) is 3.11. The summed E-state index contributed by atoms with van der Waals surface area (Å²) in [6.07, 6.45) is 2.68. The van der Waals surface area contributed by atoms with E-state index in [1.807, 2.05) is 18.2 Å². The van der Waals surface area contributed by atoms with Crippen molar-refractivity contribution in [2.45, 2.75) is 43.9 Å². The highest BCUT2D eigenvalue weighted by molar-refractivity contribution is 5.15. The summed E-state index contributed by atoms with van der Waals surface area (Å²) in [7, 11) is 0. The lowest BCUT2D eigenvalue weighted by Gasteiger charge is -2.21. The molecule has 4 rings (SSSR count). The Labute approximate surface area is 123 Å². The second kappa shape index (κ2) is 5.24. The van der Waals surface area contributed by atoms with Crippen molar-refractivity contribution in [3.8, 4) is 0 Å². The van der Waals surface area contributed by atoms with Crippen LogP contribution in [0.2, 0.25) is 0 Å². The van der Waals surface area contributed by atoms with Crippen molar-refractivity contribution in [2.75, 3.05) is 6.54 Å². The maximum Gasteiger partial charge on any atom is 0.244 e. The van der Waals surface area contributed by atoms with Gasteiger partial charge in [0.15, 0.2) is 5.82 Å². The van der Waals surface area contributed by atoms with E-state index in [0.29, 0.717) is 24.8 Å². The number of aliphatic hydroxyl groups excluding tert-OH is 1. The van der Waals surface area contributed by atoms with Crippen LogP contribution in [0.25, 0.3) is 0 Å². The van der Waals surface area contributed by atoms with Crippen molar-refractivity contribution >= 4 is 0 Å². The Morgan fingerprint density at radius 2 is 2.05 bits per heavy atom. The van der Waals surface area contributed by atoms with E-state index in [2.05, 4.69) is 27.2 Å². The molecule has 110 valence electrons. The van der Waals surface area contributed by atoms with Crippen LogP contribution in [0.5, 0.6) is 0 Å². The summed E-state index contributed by atoms with van der Waals surface area (Å²) >= 11 is 0. The standard InChI is InChI=1S/C16H19N3O2/c20-13-8-14(16-17-15(18-21-16)12-6-7-12)19(10-13)9-11-4-2-1-3-5-11/h1-5,12-14,20H,6-10H2. The molecule has 5 nitrogen and oxygen atoms in total. The molecule has 1 aliphatic heterocycles. The molecule has 2 aromatic rings. The smallest absolute Gasteiger partial charge is 0.244 e. The molecule has 1 aromatic carbocycles. The van der Waals surface area contributed by atoms with Gasteiger partial charge in [-0.25, -0.2) is 0 Å². The van der Waals surface area contributed by atoms with Gasteiger partial charge in [-0.3, -0.25) is 4.90 Å². The zero-order valence-electron chi connectivity index (χ0n) is 11.9. The number of rotatable bonds is 4. The fourth-order valence-electron chi connectivity index (χ4n) is 3.02. The first-order valence-corrected chi connectivity index (χ1v) is 7.59. The van der Waals surface area contributed by atoms with E-state index in [0.717, 1.165) is 12.4 Å². The van der Waals surface area contributed by atoms with Crippen molar-refractivity contribution in [3.05, 3.63) is 47.6 Å². The van der Waals surface area contributed by atoms with Crippen molar-refractivity contribution in [3.63, 3.8) is 0 Å². The fraction of sp³-hybridized carbons (Fsp3) is 0.500. The van der Waals surface area contributed by atoms with Gasteiger partial charge in [0.2, 0.25) is 5.89 Å². The third-order valence-electron chi connectivity index (χ3n) is 4.29. The quantitative estimate of drug-likeness (QED) is 0.933. The van der Waals surface area contributed by atoms with Crippen LogP contribution >= 0.6 is 0 Å². The minimum Gasteiger partial charge on any atom is -0.392 e. The molecular weight excluding hydrogens is 266 g/mol. The van der Waals surface area contributed by atoms with Crippen molar-refractivity contribution in [1.82, 2.24) is 15.0 Å². The molecule has 0 spiro atoms. The first-order chi connectivity index (χ1) is 10.3. The monoisotopic (exact) mass is 285 g/mol. The van der Waals surface area contributed by atoms with Gasteiger partial charge in [0, 0.05) is 19.0 Å². The normalized spacial score (nSPS) is 26.3. The van der Waals surface area contributed by atoms with Crippen LogP contribution in [0.4, 0.5) is 0 Å². The van der Waals surface area contributed by atoms with Gasteiger partial charge in [-0.1, -0.05) is 35.5 Å². The van der Waals surface area contributed by atoms with Crippen LogP contribution in [0.1, 0.15) is 48.5 Å². The SMILES string of the molecule is OC1CC(c2nc(C3CC3)no2)N(Cc2ccccc2)C1. The van der Waals surface area contributed by atoms with E-state index in [9.17, 15) is 5.11 Å². The lowest BCUT2D eigenvalue weighted by Crippen LogP contribution is -2.24. The maximum atomic E-state index is 10.0. The number of aliphatic hydroxyl groups is 1. The molecule has 2 aliphatic rings. The highest BCUT2D eigenvalue weighted by Crippen LogP contribution is 2.40. The van der Waals surface area contributed by atoms with Crippen LogP contribution in [0, 0.1) is 0 Å². The molecular formula is C16H19N3O2. The highest BCUT2D eigenvalue weighted by atomic mass is 16.5. The Balaban J connectivity index is 1.53. The Hall–Kier alpha value is -1.72. The predicted octanol–water partition coefficient (Wildman–Crippen LogP) is 2.25. The highest BCUT2D eigenvalue weighted by Gasteiger charge is 2.37. The van der Waals surface area contributed by atoms with Gasteiger partial charge in [0.05, 0.1) is 12.1 Å². The van der Waals surface area contributed by atoms with Crippen LogP contribution in [-0.4, -0.2) is 32.8 Å². The maximum absolute atomic E-state index is 10.0. The summed E-state index contributed by atoms with van der Waals surface area (Å²) in [6.45, 7) is 1.45. The van der Waals surface area contributed by atoms with Gasteiger partial charge in [0.1, 0.15) is 0 Å². The van der Waals surface area contributed by atoms with Crippen LogP contribution in [0.15, 0.2) is 34.9 Å². The molecule has 2 heterocycles. The van der Waals surface area contributed by atoms with Crippen molar-refractivity contribution in [1.29, 1.82) is 0 Å². The Morgan fingerprint density at radius 1 is 1.24 bits per heavy atom. The number of hydrogen-bond donors (Lipinski definition) is 1. The second-order valence-corrected chi connectivity index (χ2v) is 6.09. The third-order valence-corrected chi connectivity index (χ3v) is 4.29. The molecule has 1 aliphatic carbocycles. The van der Waals surface area contributed by atoms with E-state index < -0.39 is 0 Å². The lowest BCUT2D eigenvalue weighted by molar-refractivity contribution is 0.169. The predicted molar refractivity (Wildman–Crippen MR) is 76.5 cm³/mol. The molecule has 0 radical (unpaired) electrons. The number of nitrogens with zero attached hydrogens (tertiary/aromatic N) is 3. The van der Waals surface area contributed by atoms with Gasteiger partial charge >= 0.3 is 0 Å². The van der Waals surface area contributed by atoms with Gasteiger partial charge in [-0.2, -0.15) is 4.98 Å². The minimum atomic E-state index is -0.324. The number of hydrogen-bond acceptors (Lipinski definition) is 5. The summed E-state index contributed by atoms with van der Waals surface area (Å²) < 4.78 is 5.45. The van der Waals surface area contributed by atoms with Gasteiger partial charge in [-0.15, -0.1) is 0 Å². The molecule has 1 saturated carbocycles. The number of likely N-dealkylation sites (tertiary alicyclic amines) is 1. The third kappa shape index (κ3) is 2.71. The van der Waals surface area contributed by atoms with Crippen LogP contribution < -0.4 is 0 Å². The Bertz CT molecular complexity index is 609. The van der Waals surface area contributed by atoms with E-state index in [4.69, 9.17) is 4.52 Å². The molecule has 0 bridgehead atoms. The summed E-state index contributed by atoms with van der Waals surface area (Å²) in [5, 5.41) is 14.1. The Kier molecular flexibility index (Phi) is 3.24. The summed E-state index contributed by atoms with van der Waals surface area (Å²) in [5.74, 6) is 1.99. The summed E-state index contributed by atoms with van der Waals surface area (Å²) in [6, 6.07) is 10.3. The summed E-state index contributed by atoms with van der Waals surface area (Å²) in [5.41, 5.74) is 1.23. The molecule has 1 N–H and O–H groups in total. The molecule has 21 heavy (non-hydrogen) atoms. The van der Waals surface area contributed by atoms with Crippen molar-refractivity contribution < 1.29 is 9.63 Å². The molecule has 5 heteroatoms. The van der Waals surface area contributed by atoms with Crippen LogP contribution in [0.3, 0.4) is 0 Å². The summed E-state index contributed by atoms with van der Waals surface area (Å²) in [4.78, 5) is 6.78. The Morgan fingerprint density at radius 3 is 2.81 bits per heavy atom. The van der Waals surface area contributed by atoms with E-state index >= 15 is 0 Å². The molecule has 1 saturated heterocycles. The molecule has 2 atom stereocenters. The number of benzene rings is 1. The minimum absolute atomic E-state index is 0.0280. The fourth-order valence-corrected chi connectivity index (χ4v) is 3.02. The molecule has 2 fully saturated rings. The van der Waals surface area contributed by atoms with E-state index in [1.54, 1.807) is 0 Å². The average molecular weight is 285 g/mol. The zero-order valence-corrected chi connectivity index (χ0v) is 11.9. The van der Waals surface area contributed by atoms with Crippen LogP contribution in [-0.2, 0) is 6.54 Å². The van der Waals surface area contributed by atoms with Gasteiger partial charge in [0.25, 0.3) is 0 Å². The number of β-amino-alcohol motifs (C(OH)–C–C–N with tert-alkyl or cyclic N) is 1. The number of aromatic nitrogens is 2. The van der Waals surface area contributed by atoms with Gasteiger partial charge < -0.3 is 9.63 Å². The first-order valence-electron chi connectivity index (χ1n) is 7.59. The largest absolute Gasteiger partial charge is 0.392 e. The van der Waals surface area contributed by atoms with Crippen molar-refractivity contribution in [2.24, 2.45) is 0 Å². The van der Waals surface area contributed by atoms with E-state index in [-0.39, 0.29) is 12.1 Å². The zero-order chi connectivity index (χ0) is 14.2. The van der Waals surface area contributed by atoms with Gasteiger partial charge in [-0.05, 0) is 24.8 Å². The second-order valence-electron chi connectivity index (χ2n) is 6.09. The first kappa shape index (κ1) is 13.0. The molecule has 0 amide bonds. The lowest BCUT2D eigenvalue weighted by atomic mass is 10.1. The molecule has 1 aromatic heterocycles.